The fraction of sp³-hybridized carbons (Fsp3) is 0.263. The molecule has 158 valence electrons. The Bertz CT molecular complexity index is 1160. The van der Waals surface area contributed by atoms with Crippen molar-refractivity contribution >= 4 is 27.6 Å². The van der Waals surface area contributed by atoms with Crippen molar-refractivity contribution in [2.75, 3.05) is 0 Å². The number of nitrogens with one attached hydrogen (secondary N) is 1. The van der Waals surface area contributed by atoms with Gasteiger partial charge in [0.2, 0.25) is 15.8 Å². The van der Waals surface area contributed by atoms with Crippen LogP contribution in [0, 0.1) is 0 Å². The molecule has 0 saturated heterocycles. The molecule has 0 amide bonds. The smallest absolute Gasteiger partial charge is 0.338 e. The minimum atomic E-state index is -3.94. The van der Waals surface area contributed by atoms with Crippen molar-refractivity contribution in [1.29, 1.82) is 0 Å². The summed E-state index contributed by atoms with van der Waals surface area (Å²) in [5, 5.41) is 3.79. The molecule has 1 N–H and O–H groups in total. The van der Waals surface area contributed by atoms with Gasteiger partial charge in [0.25, 0.3) is 5.89 Å². The molecular formula is C19H19ClN4O5S. The Labute approximate surface area is 178 Å². The number of carbonyl (C=O) groups is 1. The Hall–Kier alpha value is -2.82. The Kier molecular flexibility index (Phi) is 6.20. The van der Waals surface area contributed by atoms with Crippen molar-refractivity contribution in [3.8, 4) is 11.4 Å². The molecule has 0 spiro atoms. The Balaban J connectivity index is 1.73. The van der Waals surface area contributed by atoms with Crippen molar-refractivity contribution < 1.29 is 22.5 Å². The second kappa shape index (κ2) is 8.50. The first-order valence-electron chi connectivity index (χ1n) is 8.79. The summed E-state index contributed by atoms with van der Waals surface area (Å²) < 4.78 is 37.9. The first-order chi connectivity index (χ1) is 14.0. The van der Waals surface area contributed by atoms with Gasteiger partial charge >= 0.3 is 5.97 Å². The molecule has 0 fully saturated rings. The topological polar surface area (TPSA) is 124 Å². The quantitative estimate of drug-likeness (QED) is 0.567. The summed E-state index contributed by atoms with van der Waals surface area (Å²) in [6, 6.07) is 7.34. The third kappa shape index (κ3) is 5.41. The van der Waals surface area contributed by atoms with E-state index in [1.54, 1.807) is 45.3 Å². The van der Waals surface area contributed by atoms with Crippen molar-refractivity contribution in [2.45, 2.75) is 37.8 Å². The van der Waals surface area contributed by atoms with Crippen LogP contribution in [-0.2, 0) is 21.4 Å². The minimum absolute atomic E-state index is 0.0127. The molecule has 3 aromatic rings. The highest BCUT2D eigenvalue weighted by molar-refractivity contribution is 7.89. The number of halogens is 1. The van der Waals surface area contributed by atoms with E-state index in [1.165, 1.54) is 12.1 Å². The molecule has 30 heavy (non-hydrogen) atoms. The van der Waals surface area contributed by atoms with Crippen LogP contribution < -0.4 is 4.72 Å². The summed E-state index contributed by atoms with van der Waals surface area (Å²) >= 11 is 6.04. The zero-order valence-electron chi connectivity index (χ0n) is 16.4. The maximum Gasteiger partial charge on any atom is 0.338 e. The molecule has 0 unspecified atom stereocenters. The highest BCUT2D eigenvalue weighted by Crippen LogP contribution is 2.24. The molecule has 2 heterocycles. The van der Waals surface area contributed by atoms with Crippen LogP contribution in [0.1, 0.15) is 37.0 Å². The van der Waals surface area contributed by atoms with E-state index in [-0.39, 0.29) is 28.0 Å². The van der Waals surface area contributed by atoms with E-state index >= 15 is 0 Å². The van der Waals surface area contributed by atoms with Gasteiger partial charge in [-0.1, -0.05) is 16.8 Å². The van der Waals surface area contributed by atoms with E-state index < -0.39 is 21.5 Å². The van der Waals surface area contributed by atoms with Crippen LogP contribution in [0.2, 0.25) is 5.02 Å². The van der Waals surface area contributed by atoms with E-state index in [1.807, 2.05) is 0 Å². The molecule has 2 aromatic heterocycles. The summed E-state index contributed by atoms with van der Waals surface area (Å²) in [5.74, 6) is -0.374. The number of nitrogens with zero attached hydrogens (tertiary/aromatic N) is 3. The van der Waals surface area contributed by atoms with Gasteiger partial charge < -0.3 is 9.26 Å². The maximum absolute atomic E-state index is 12.6. The number of aromatic nitrogens is 3. The number of hydrogen-bond donors (Lipinski definition) is 1. The third-order valence-electron chi connectivity index (χ3n) is 3.61. The van der Waals surface area contributed by atoms with Crippen molar-refractivity contribution in [1.82, 2.24) is 19.8 Å². The van der Waals surface area contributed by atoms with Crippen LogP contribution in [0.15, 0.2) is 52.1 Å². The summed E-state index contributed by atoms with van der Waals surface area (Å²) in [6.45, 7) is 4.80. The number of rotatable bonds is 6. The van der Waals surface area contributed by atoms with Crippen molar-refractivity contribution in [2.24, 2.45) is 0 Å². The Morgan fingerprint density at radius 2 is 2.03 bits per heavy atom. The monoisotopic (exact) mass is 450 g/mol. The number of benzene rings is 1. The van der Waals surface area contributed by atoms with Gasteiger partial charge in [0, 0.05) is 23.5 Å². The lowest BCUT2D eigenvalue weighted by Gasteiger charge is -2.21. The fourth-order valence-corrected chi connectivity index (χ4v) is 4.38. The zero-order valence-corrected chi connectivity index (χ0v) is 18.0. The number of carbonyl (C=O) groups excluding carboxylic acids is 1. The van der Waals surface area contributed by atoms with E-state index in [2.05, 4.69) is 19.8 Å². The summed E-state index contributed by atoms with van der Waals surface area (Å²) in [4.78, 5) is 20.3. The van der Waals surface area contributed by atoms with Gasteiger partial charge in [0.15, 0.2) is 6.61 Å². The van der Waals surface area contributed by atoms with Gasteiger partial charge in [-0.2, -0.15) is 4.98 Å². The zero-order chi connectivity index (χ0) is 21.9. The Morgan fingerprint density at radius 3 is 2.70 bits per heavy atom. The SMILES string of the molecule is CC(C)(C)NS(=O)(=O)c1cc(C(=O)OCc2nc(-c3cccnc3)no2)ccc1Cl. The summed E-state index contributed by atoms with van der Waals surface area (Å²) in [6.07, 6.45) is 3.19. The highest BCUT2D eigenvalue weighted by atomic mass is 35.5. The summed E-state index contributed by atoms with van der Waals surface area (Å²) in [5.41, 5.74) is -0.0544. The van der Waals surface area contributed by atoms with Crippen LogP contribution in [-0.4, -0.2) is 35.1 Å². The van der Waals surface area contributed by atoms with Crippen LogP contribution in [0.4, 0.5) is 0 Å². The second-order valence-electron chi connectivity index (χ2n) is 7.33. The molecule has 0 aliphatic rings. The van der Waals surface area contributed by atoms with Crippen molar-refractivity contribution in [3.05, 3.63) is 59.2 Å². The van der Waals surface area contributed by atoms with E-state index in [0.29, 0.717) is 11.4 Å². The lowest BCUT2D eigenvalue weighted by atomic mass is 10.1. The normalized spacial score (nSPS) is 12.0. The molecule has 0 saturated carbocycles. The lowest BCUT2D eigenvalue weighted by Crippen LogP contribution is -2.40. The maximum atomic E-state index is 12.6. The molecule has 0 bridgehead atoms. The molecule has 1 aromatic carbocycles. The van der Waals surface area contributed by atoms with Gasteiger partial charge in [0.1, 0.15) is 4.90 Å². The van der Waals surface area contributed by atoms with Gasteiger partial charge in [-0.25, -0.2) is 17.9 Å². The van der Waals surface area contributed by atoms with Crippen LogP contribution in [0.3, 0.4) is 0 Å². The third-order valence-corrected chi connectivity index (χ3v) is 5.85. The number of hydrogen-bond acceptors (Lipinski definition) is 8. The minimum Gasteiger partial charge on any atom is -0.452 e. The first-order valence-corrected chi connectivity index (χ1v) is 10.6. The molecule has 0 aliphatic carbocycles. The van der Waals surface area contributed by atoms with Gasteiger partial charge in [0.05, 0.1) is 10.6 Å². The van der Waals surface area contributed by atoms with E-state index in [4.69, 9.17) is 20.9 Å². The van der Waals surface area contributed by atoms with Gasteiger partial charge in [-0.05, 0) is 51.1 Å². The molecule has 9 nitrogen and oxygen atoms in total. The Morgan fingerprint density at radius 1 is 1.27 bits per heavy atom. The van der Waals surface area contributed by atoms with Gasteiger partial charge in [-0.3, -0.25) is 4.98 Å². The number of esters is 1. The number of sulfonamides is 1. The van der Waals surface area contributed by atoms with Gasteiger partial charge in [-0.15, -0.1) is 0 Å². The largest absolute Gasteiger partial charge is 0.452 e. The van der Waals surface area contributed by atoms with Crippen LogP contribution in [0.25, 0.3) is 11.4 Å². The molecular weight excluding hydrogens is 432 g/mol. The summed E-state index contributed by atoms with van der Waals surface area (Å²) in [7, 11) is -3.94. The molecule has 0 atom stereocenters. The van der Waals surface area contributed by atoms with Crippen LogP contribution >= 0.6 is 11.6 Å². The number of pyridine rings is 1. The number of ether oxygens (including phenoxy) is 1. The average Bonchev–Trinajstić information content (AvgIpc) is 3.14. The highest BCUT2D eigenvalue weighted by Gasteiger charge is 2.25. The standard InChI is InChI=1S/C19H19ClN4O5S/c1-19(2,3)24-30(26,27)15-9-12(6-7-14(15)20)18(25)28-11-16-22-17(23-29-16)13-5-4-8-21-10-13/h4-10,24H,11H2,1-3H3. The molecule has 0 aliphatic heterocycles. The van der Waals surface area contributed by atoms with Crippen molar-refractivity contribution in [3.63, 3.8) is 0 Å². The second-order valence-corrected chi connectivity index (χ2v) is 9.39. The van der Waals surface area contributed by atoms with E-state index in [9.17, 15) is 13.2 Å². The molecule has 3 rings (SSSR count). The predicted octanol–water partition coefficient (Wildman–Crippen LogP) is 3.22. The predicted molar refractivity (Wildman–Crippen MR) is 108 cm³/mol. The molecule has 11 heteroatoms. The fourth-order valence-electron chi connectivity index (χ4n) is 2.43. The first kappa shape index (κ1) is 21.9. The van der Waals surface area contributed by atoms with Crippen LogP contribution in [0.5, 0.6) is 0 Å². The van der Waals surface area contributed by atoms with E-state index in [0.717, 1.165) is 6.07 Å². The molecule has 0 radical (unpaired) electrons. The lowest BCUT2D eigenvalue weighted by molar-refractivity contribution is 0.0429. The average molecular weight is 451 g/mol.